The number of carbonyl (C=O) groups is 3. The van der Waals surface area contributed by atoms with Gasteiger partial charge in [0.1, 0.15) is 11.9 Å². The molecule has 2 heterocycles. The van der Waals surface area contributed by atoms with Gasteiger partial charge in [0, 0.05) is 12.0 Å². The second-order valence-corrected chi connectivity index (χ2v) is 7.40. The zero-order valence-corrected chi connectivity index (χ0v) is 15.9. The number of anilines is 1. The van der Waals surface area contributed by atoms with E-state index in [9.17, 15) is 23.6 Å². The zero-order chi connectivity index (χ0) is 21.4. The number of rotatable bonds is 4. The molecule has 0 bridgehead atoms. The van der Waals surface area contributed by atoms with E-state index in [1.54, 1.807) is 0 Å². The number of nitrogens with one attached hydrogen (secondary N) is 2. The first-order valence-electron chi connectivity index (χ1n) is 9.59. The van der Waals surface area contributed by atoms with Crippen molar-refractivity contribution >= 4 is 23.6 Å². The Morgan fingerprint density at radius 3 is 2.70 bits per heavy atom. The minimum Gasteiger partial charge on any atom is -0.465 e. The Balaban J connectivity index is 1.65. The van der Waals surface area contributed by atoms with Crippen molar-refractivity contribution in [3.63, 3.8) is 0 Å². The van der Waals surface area contributed by atoms with Crippen LogP contribution in [0.2, 0.25) is 0 Å². The number of benzene rings is 1. The fraction of sp³-hybridized carbons (Fsp3) is 0.350. The number of hydrogen-bond acceptors (Lipinski definition) is 5. The second-order valence-electron chi connectivity index (χ2n) is 7.40. The van der Waals surface area contributed by atoms with Crippen LogP contribution in [0.25, 0.3) is 0 Å². The molecule has 4 rings (SSSR count). The van der Waals surface area contributed by atoms with Crippen LogP contribution in [0.4, 0.5) is 14.9 Å². The zero-order valence-electron chi connectivity index (χ0n) is 15.9. The second kappa shape index (κ2) is 7.69. The predicted octanol–water partition coefficient (Wildman–Crippen LogP) is 1.28. The van der Waals surface area contributed by atoms with Gasteiger partial charge < -0.3 is 10.4 Å². The smallest absolute Gasteiger partial charge is 0.405 e. The van der Waals surface area contributed by atoms with Crippen LogP contribution in [0.1, 0.15) is 41.6 Å². The van der Waals surface area contributed by atoms with E-state index in [0.29, 0.717) is 29.0 Å². The highest BCUT2D eigenvalue weighted by molar-refractivity contribution is 6.23. The molecule has 10 heteroatoms. The summed E-state index contributed by atoms with van der Waals surface area (Å²) in [6.45, 7) is 0. The summed E-state index contributed by atoms with van der Waals surface area (Å²) in [5.41, 5.74) is 2.48. The van der Waals surface area contributed by atoms with Gasteiger partial charge in [0.25, 0.3) is 11.5 Å². The third-order valence-electron chi connectivity index (χ3n) is 5.45. The topological polar surface area (TPSA) is 132 Å². The van der Waals surface area contributed by atoms with Crippen molar-refractivity contribution in [2.45, 2.75) is 44.6 Å². The quantitative estimate of drug-likeness (QED) is 0.646. The van der Waals surface area contributed by atoms with Gasteiger partial charge in [-0.25, -0.2) is 19.2 Å². The normalized spacial score (nSPS) is 18.4. The fourth-order valence-electron chi connectivity index (χ4n) is 4.05. The largest absolute Gasteiger partial charge is 0.465 e. The molecule has 0 unspecified atom stereocenters. The molecular formula is C20H19FN4O5. The predicted molar refractivity (Wildman–Crippen MR) is 103 cm³/mol. The Bertz CT molecular complexity index is 1110. The van der Waals surface area contributed by atoms with Crippen LogP contribution in [0, 0.1) is 5.82 Å². The van der Waals surface area contributed by atoms with Crippen LogP contribution in [0.5, 0.6) is 0 Å². The van der Waals surface area contributed by atoms with Crippen molar-refractivity contribution in [2.24, 2.45) is 0 Å². The highest BCUT2D eigenvalue weighted by Gasteiger charge is 2.41. The molecule has 1 fully saturated rings. The lowest BCUT2D eigenvalue weighted by molar-refractivity contribution is -0.121. The lowest BCUT2D eigenvalue weighted by Gasteiger charge is -2.19. The first kappa shape index (κ1) is 19.7. The average Bonchev–Trinajstić information content (AvgIpc) is 2.98. The number of carbonyl (C=O) groups excluding carboxylic acids is 2. The molecule has 3 amide bonds. The maximum absolute atomic E-state index is 14.5. The number of aromatic nitrogens is 2. The SMILES string of the molecule is O=C(O)N[C@H]1CC(=O)N(c2cc(Cc3n[nH]c(=O)c4c3CCCC4)ccc2F)C1=O. The van der Waals surface area contributed by atoms with Crippen LogP contribution in [-0.2, 0) is 28.9 Å². The van der Waals surface area contributed by atoms with Crippen LogP contribution in [0.3, 0.4) is 0 Å². The van der Waals surface area contributed by atoms with Crippen molar-refractivity contribution in [3.05, 3.63) is 56.8 Å². The highest BCUT2D eigenvalue weighted by atomic mass is 19.1. The Labute approximate surface area is 169 Å². The molecular weight excluding hydrogens is 395 g/mol. The molecule has 0 spiro atoms. The van der Waals surface area contributed by atoms with Crippen LogP contribution < -0.4 is 15.8 Å². The van der Waals surface area contributed by atoms with Gasteiger partial charge in [-0.15, -0.1) is 0 Å². The minimum atomic E-state index is -1.44. The number of amides is 3. The van der Waals surface area contributed by atoms with Crippen LogP contribution in [-0.4, -0.2) is 39.3 Å². The molecule has 1 aliphatic heterocycles. The van der Waals surface area contributed by atoms with E-state index in [0.717, 1.165) is 36.5 Å². The summed E-state index contributed by atoms with van der Waals surface area (Å²) >= 11 is 0. The Hall–Kier alpha value is -3.56. The number of H-pyrrole nitrogens is 1. The molecule has 30 heavy (non-hydrogen) atoms. The number of fused-ring (bicyclic) bond motifs is 1. The van der Waals surface area contributed by atoms with E-state index in [2.05, 4.69) is 10.2 Å². The van der Waals surface area contributed by atoms with Gasteiger partial charge in [0.05, 0.1) is 17.8 Å². The van der Waals surface area contributed by atoms with E-state index < -0.39 is 29.8 Å². The molecule has 156 valence electrons. The lowest BCUT2D eigenvalue weighted by atomic mass is 9.90. The molecule has 1 saturated heterocycles. The summed E-state index contributed by atoms with van der Waals surface area (Å²) in [5, 5.41) is 17.5. The van der Waals surface area contributed by atoms with Crippen molar-refractivity contribution < 1.29 is 23.9 Å². The standard InChI is InChI=1S/C20H19FN4O5/c21-13-6-5-10(7-14-11-3-1-2-4-12(11)18(27)24-23-14)8-16(13)25-17(26)9-15(19(25)28)22-20(29)30/h5-6,8,15,22H,1-4,7,9H2,(H,24,27)(H,29,30)/t15-/m0/s1. The maximum atomic E-state index is 14.5. The van der Waals surface area contributed by atoms with Crippen molar-refractivity contribution in [3.8, 4) is 0 Å². The number of aromatic amines is 1. The van der Waals surface area contributed by atoms with Gasteiger partial charge in [-0.1, -0.05) is 6.07 Å². The molecule has 0 saturated carbocycles. The van der Waals surface area contributed by atoms with Crippen LogP contribution >= 0.6 is 0 Å². The van der Waals surface area contributed by atoms with E-state index in [1.165, 1.54) is 12.1 Å². The Morgan fingerprint density at radius 2 is 1.97 bits per heavy atom. The van der Waals surface area contributed by atoms with E-state index >= 15 is 0 Å². The Kier molecular flexibility index (Phi) is 5.06. The van der Waals surface area contributed by atoms with E-state index in [1.807, 2.05) is 5.32 Å². The summed E-state index contributed by atoms with van der Waals surface area (Å²) in [6, 6.07) is 2.82. The number of carboxylic acid groups (broad SMARTS) is 1. The first-order chi connectivity index (χ1) is 14.3. The molecule has 0 radical (unpaired) electrons. The lowest BCUT2D eigenvalue weighted by Crippen LogP contribution is -2.41. The monoisotopic (exact) mass is 414 g/mol. The number of hydrogen-bond donors (Lipinski definition) is 3. The molecule has 2 aromatic rings. The first-order valence-corrected chi connectivity index (χ1v) is 9.59. The third kappa shape index (κ3) is 3.56. The van der Waals surface area contributed by atoms with Crippen molar-refractivity contribution in [1.82, 2.24) is 15.5 Å². The third-order valence-corrected chi connectivity index (χ3v) is 5.45. The molecule has 1 atom stereocenters. The Morgan fingerprint density at radius 1 is 1.23 bits per heavy atom. The van der Waals surface area contributed by atoms with E-state index in [4.69, 9.17) is 5.11 Å². The van der Waals surface area contributed by atoms with Crippen molar-refractivity contribution in [2.75, 3.05) is 4.90 Å². The fourth-order valence-corrected chi connectivity index (χ4v) is 4.05. The molecule has 2 aliphatic rings. The number of imide groups is 1. The molecule has 1 aromatic heterocycles. The van der Waals surface area contributed by atoms with Gasteiger partial charge in [-0.2, -0.15) is 5.10 Å². The molecule has 1 aromatic carbocycles. The number of halogens is 1. The summed E-state index contributed by atoms with van der Waals surface area (Å²) < 4.78 is 14.5. The number of nitrogens with zero attached hydrogens (tertiary/aromatic N) is 2. The summed E-state index contributed by atoms with van der Waals surface area (Å²) in [6.07, 6.45) is 1.79. The average molecular weight is 414 g/mol. The maximum Gasteiger partial charge on any atom is 0.405 e. The van der Waals surface area contributed by atoms with Gasteiger partial charge >= 0.3 is 6.09 Å². The van der Waals surface area contributed by atoms with Gasteiger partial charge in [-0.05, 0) is 48.9 Å². The summed E-state index contributed by atoms with van der Waals surface area (Å²) in [4.78, 5) is 48.3. The molecule has 1 aliphatic carbocycles. The highest BCUT2D eigenvalue weighted by Crippen LogP contribution is 2.29. The van der Waals surface area contributed by atoms with Gasteiger partial charge in [0.15, 0.2) is 0 Å². The van der Waals surface area contributed by atoms with Gasteiger partial charge in [0.2, 0.25) is 5.91 Å². The summed E-state index contributed by atoms with van der Waals surface area (Å²) in [7, 11) is 0. The van der Waals surface area contributed by atoms with Crippen molar-refractivity contribution in [1.29, 1.82) is 0 Å². The summed E-state index contributed by atoms with van der Waals surface area (Å²) in [5.74, 6) is -2.28. The van der Waals surface area contributed by atoms with E-state index in [-0.39, 0.29) is 17.7 Å². The molecule has 3 N–H and O–H groups in total. The molecule has 9 nitrogen and oxygen atoms in total. The van der Waals surface area contributed by atoms with Crippen LogP contribution in [0.15, 0.2) is 23.0 Å². The minimum absolute atomic E-state index is 0.196. The van der Waals surface area contributed by atoms with Gasteiger partial charge in [-0.3, -0.25) is 14.4 Å².